The van der Waals surface area contributed by atoms with Crippen LogP contribution in [0.2, 0.25) is 0 Å². The molecule has 1 fully saturated rings. The molecule has 2 heterocycles. The maximum atomic E-state index is 14.2. The first-order chi connectivity index (χ1) is 16.8. The molecule has 1 amide bonds. The predicted octanol–water partition coefficient (Wildman–Crippen LogP) is 3.98. The van der Waals surface area contributed by atoms with Gasteiger partial charge in [-0.05, 0) is 50.1 Å². The van der Waals surface area contributed by atoms with Crippen molar-refractivity contribution in [3.63, 3.8) is 0 Å². The number of halogens is 2. The minimum Gasteiger partial charge on any atom is -0.376 e. The predicted molar refractivity (Wildman–Crippen MR) is 125 cm³/mol. The summed E-state index contributed by atoms with van der Waals surface area (Å²) in [4.78, 5) is 18.7. The first-order valence-corrected chi connectivity index (χ1v) is 13.1. The Balaban J connectivity index is 1.65. The number of sulfone groups is 1. The van der Waals surface area contributed by atoms with Gasteiger partial charge in [-0.1, -0.05) is 18.2 Å². The Bertz CT molecular complexity index is 1290. The van der Waals surface area contributed by atoms with Gasteiger partial charge in [-0.3, -0.25) is 4.79 Å². The number of carbonyl (C=O) groups is 1. The molecule has 1 aliphatic rings. The van der Waals surface area contributed by atoms with Crippen LogP contribution in [0.4, 0.5) is 8.78 Å². The molecule has 35 heavy (non-hydrogen) atoms. The lowest BCUT2D eigenvalue weighted by Crippen LogP contribution is -2.32. The number of ether oxygens (including phenoxy) is 1. The van der Waals surface area contributed by atoms with Crippen LogP contribution in [0.15, 0.2) is 59.9 Å². The summed E-state index contributed by atoms with van der Waals surface area (Å²) in [7, 11) is -4.00. The molecule has 1 aromatic heterocycles. The first kappa shape index (κ1) is 25.0. The normalized spacial score (nSPS) is 15.9. The lowest BCUT2D eigenvalue weighted by Gasteiger charge is -2.23. The summed E-state index contributed by atoms with van der Waals surface area (Å²) < 4.78 is 61.4. The van der Waals surface area contributed by atoms with Gasteiger partial charge in [0.15, 0.2) is 0 Å². The summed E-state index contributed by atoms with van der Waals surface area (Å²) in [6, 6.07) is 11.0. The Labute approximate surface area is 203 Å². The second kappa shape index (κ2) is 10.7. The molecule has 0 saturated carbocycles. The zero-order valence-electron chi connectivity index (χ0n) is 19.4. The van der Waals surface area contributed by atoms with Gasteiger partial charge < -0.3 is 14.2 Å². The molecule has 1 aliphatic heterocycles. The van der Waals surface area contributed by atoms with Crippen LogP contribution in [0.3, 0.4) is 0 Å². The Kier molecular flexibility index (Phi) is 7.61. The van der Waals surface area contributed by atoms with Crippen molar-refractivity contribution in [1.29, 1.82) is 0 Å². The summed E-state index contributed by atoms with van der Waals surface area (Å²) in [5.74, 6) is -1.89. The number of carbonyl (C=O) groups excluding carboxylic acids is 1. The Hall–Kier alpha value is -3.11. The highest BCUT2D eigenvalue weighted by Gasteiger charge is 2.29. The number of hydrogen-bond donors (Lipinski definition) is 0. The van der Waals surface area contributed by atoms with E-state index < -0.39 is 27.2 Å². The highest BCUT2D eigenvalue weighted by atomic mass is 32.2. The standard InChI is InChI=1S/C25H27F2N3O4S/c1-2-29(24(31)18-9-11-20(26)12-10-18)15-21-14-28-25(30(21)16-22-7-5-13-34-22)35(32,33)17-19-6-3-4-8-23(19)27/h3-4,6,8-12,14,22H,2,5,7,13,15-17H2,1H3. The maximum absolute atomic E-state index is 14.2. The fraction of sp³-hybridized carbons (Fsp3) is 0.360. The average molecular weight is 504 g/mol. The lowest BCUT2D eigenvalue weighted by molar-refractivity contribution is 0.0741. The SMILES string of the molecule is CCN(Cc1cnc(S(=O)(=O)Cc2ccccc2F)n1CC1CCCO1)C(=O)c1ccc(F)cc1. The second-order valence-electron chi connectivity index (χ2n) is 8.45. The van der Waals surface area contributed by atoms with E-state index in [1.54, 1.807) is 17.6 Å². The second-order valence-corrected chi connectivity index (χ2v) is 10.3. The Morgan fingerprint density at radius 3 is 2.57 bits per heavy atom. The van der Waals surface area contributed by atoms with Gasteiger partial charge in [0.1, 0.15) is 11.6 Å². The van der Waals surface area contributed by atoms with Crippen LogP contribution in [0.5, 0.6) is 0 Å². The zero-order chi connectivity index (χ0) is 25.0. The van der Waals surface area contributed by atoms with Crippen LogP contribution in [0.25, 0.3) is 0 Å². The third-order valence-electron chi connectivity index (χ3n) is 6.01. The molecule has 1 atom stereocenters. The van der Waals surface area contributed by atoms with E-state index in [1.165, 1.54) is 53.6 Å². The van der Waals surface area contributed by atoms with Crippen molar-refractivity contribution in [2.24, 2.45) is 0 Å². The number of imidazole rings is 1. The van der Waals surface area contributed by atoms with Crippen LogP contribution >= 0.6 is 0 Å². The highest BCUT2D eigenvalue weighted by molar-refractivity contribution is 7.90. The van der Waals surface area contributed by atoms with Crippen molar-refractivity contribution in [3.8, 4) is 0 Å². The largest absolute Gasteiger partial charge is 0.376 e. The molecule has 1 saturated heterocycles. The Morgan fingerprint density at radius 2 is 1.91 bits per heavy atom. The van der Waals surface area contributed by atoms with Crippen molar-refractivity contribution in [1.82, 2.24) is 14.5 Å². The summed E-state index contributed by atoms with van der Waals surface area (Å²) >= 11 is 0. The van der Waals surface area contributed by atoms with Crippen LogP contribution in [0.1, 0.15) is 41.4 Å². The lowest BCUT2D eigenvalue weighted by atomic mass is 10.2. The van der Waals surface area contributed by atoms with E-state index in [-0.39, 0.29) is 35.8 Å². The molecular formula is C25H27F2N3O4S. The minimum atomic E-state index is -4.00. The average Bonchev–Trinajstić information content (AvgIpc) is 3.50. The van der Waals surface area contributed by atoms with Crippen LogP contribution < -0.4 is 0 Å². The van der Waals surface area contributed by atoms with Crippen LogP contribution in [0, 0.1) is 11.6 Å². The molecule has 0 bridgehead atoms. The van der Waals surface area contributed by atoms with E-state index in [0.717, 1.165) is 12.8 Å². The number of benzene rings is 2. The van der Waals surface area contributed by atoms with E-state index in [2.05, 4.69) is 4.98 Å². The summed E-state index contributed by atoms with van der Waals surface area (Å²) in [6.45, 7) is 3.10. The minimum absolute atomic E-state index is 0.0578. The molecule has 3 aromatic rings. The van der Waals surface area contributed by atoms with E-state index >= 15 is 0 Å². The molecular weight excluding hydrogens is 476 g/mol. The molecule has 186 valence electrons. The maximum Gasteiger partial charge on any atom is 0.254 e. The van der Waals surface area contributed by atoms with Crippen LogP contribution in [-0.2, 0) is 33.4 Å². The summed E-state index contributed by atoms with van der Waals surface area (Å²) in [6.07, 6.45) is 2.89. The Morgan fingerprint density at radius 1 is 1.17 bits per heavy atom. The van der Waals surface area contributed by atoms with E-state index in [4.69, 9.17) is 4.74 Å². The molecule has 0 aliphatic carbocycles. The zero-order valence-corrected chi connectivity index (χ0v) is 20.2. The molecule has 7 nitrogen and oxygen atoms in total. The highest BCUT2D eigenvalue weighted by Crippen LogP contribution is 2.23. The van der Waals surface area contributed by atoms with Crippen molar-refractivity contribution in [3.05, 3.63) is 83.2 Å². The van der Waals surface area contributed by atoms with Gasteiger partial charge >= 0.3 is 0 Å². The number of hydrogen-bond acceptors (Lipinski definition) is 5. The van der Waals surface area contributed by atoms with E-state index in [9.17, 15) is 22.0 Å². The van der Waals surface area contributed by atoms with Crippen molar-refractivity contribution in [2.45, 2.75) is 49.9 Å². The summed E-state index contributed by atoms with van der Waals surface area (Å²) in [5.41, 5.74) is 0.901. The monoisotopic (exact) mass is 503 g/mol. The molecule has 4 rings (SSSR count). The first-order valence-electron chi connectivity index (χ1n) is 11.5. The molecule has 0 radical (unpaired) electrons. The van der Waals surface area contributed by atoms with Gasteiger partial charge in [0.2, 0.25) is 15.0 Å². The molecule has 1 unspecified atom stereocenters. The molecule has 0 spiro atoms. The molecule has 2 aromatic carbocycles. The quantitative estimate of drug-likeness (QED) is 0.441. The van der Waals surface area contributed by atoms with Gasteiger partial charge in [-0.2, -0.15) is 0 Å². The molecule has 0 N–H and O–H groups in total. The number of amides is 1. The molecule has 10 heteroatoms. The van der Waals surface area contributed by atoms with Gasteiger partial charge in [0, 0.05) is 24.3 Å². The number of rotatable bonds is 9. The van der Waals surface area contributed by atoms with E-state index in [0.29, 0.717) is 24.4 Å². The van der Waals surface area contributed by atoms with Crippen LogP contribution in [-0.4, -0.2) is 48.0 Å². The third-order valence-corrected chi connectivity index (χ3v) is 7.58. The summed E-state index contributed by atoms with van der Waals surface area (Å²) in [5, 5.41) is -0.184. The topological polar surface area (TPSA) is 81.5 Å². The van der Waals surface area contributed by atoms with Crippen molar-refractivity contribution in [2.75, 3.05) is 13.2 Å². The van der Waals surface area contributed by atoms with Gasteiger partial charge in [0.05, 0.1) is 36.8 Å². The fourth-order valence-corrected chi connectivity index (χ4v) is 5.65. The third kappa shape index (κ3) is 5.76. The number of aromatic nitrogens is 2. The fourth-order valence-electron chi connectivity index (χ4n) is 4.14. The van der Waals surface area contributed by atoms with Crippen molar-refractivity contribution >= 4 is 15.7 Å². The van der Waals surface area contributed by atoms with Crippen molar-refractivity contribution < 1.29 is 26.7 Å². The van der Waals surface area contributed by atoms with Gasteiger partial charge in [-0.25, -0.2) is 22.2 Å². The van der Waals surface area contributed by atoms with Gasteiger partial charge in [0.25, 0.3) is 5.91 Å². The van der Waals surface area contributed by atoms with E-state index in [1.807, 2.05) is 0 Å². The number of nitrogens with zero attached hydrogens (tertiary/aromatic N) is 3. The van der Waals surface area contributed by atoms with Gasteiger partial charge in [-0.15, -0.1) is 0 Å². The smallest absolute Gasteiger partial charge is 0.254 e.